The maximum absolute atomic E-state index is 12.7. The van der Waals surface area contributed by atoms with Gasteiger partial charge in [-0.2, -0.15) is 0 Å². The van der Waals surface area contributed by atoms with Crippen molar-refractivity contribution in [1.29, 1.82) is 0 Å². The molecule has 3 aromatic rings. The summed E-state index contributed by atoms with van der Waals surface area (Å²) in [7, 11) is 0. The van der Waals surface area contributed by atoms with Gasteiger partial charge in [-0.25, -0.2) is 4.98 Å². The normalized spacial score (nSPS) is 10.6. The van der Waals surface area contributed by atoms with Crippen LogP contribution in [-0.2, 0) is 0 Å². The van der Waals surface area contributed by atoms with Crippen LogP contribution in [0.3, 0.4) is 0 Å². The predicted octanol–water partition coefficient (Wildman–Crippen LogP) is 4.97. The van der Waals surface area contributed by atoms with Gasteiger partial charge in [0.15, 0.2) is 5.13 Å². The van der Waals surface area contributed by atoms with E-state index in [1.54, 1.807) is 24.3 Å². The largest absolute Gasteiger partial charge is 0.382 e. The van der Waals surface area contributed by atoms with Crippen LogP contribution in [0, 0.1) is 13.8 Å². The third-order valence-corrected chi connectivity index (χ3v) is 5.01. The van der Waals surface area contributed by atoms with Crippen molar-refractivity contribution in [2.45, 2.75) is 13.8 Å². The second-order valence-electron chi connectivity index (χ2n) is 5.43. The Morgan fingerprint density at radius 2 is 1.79 bits per heavy atom. The van der Waals surface area contributed by atoms with Crippen LogP contribution in [0.4, 0.5) is 16.6 Å². The minimum Gasteiger partial charge on any atom is -0.382 e. The number of nitrogen functional groups attached to an aromatic ring is 1. The van der Waals surface area contributed by atoms with Crippen LogP contribution >= 0.6 is 22.9 Å². The van der Waals surface area contributed by atoms with Gasteiger partial charge in [-0.05, 0) is 37.1 Å². The molecule has 0 aliphatic carbocycles. The summed E-state index contributed by atoms with van der Waals surface area (Å²) in [4.78, 5) is 17.3. The first-order valence-corrected chi connectivity index (χ1v) is 8.55. The fraction of sp³-hybridized carbons (Fsp3) is 0.111. The number of carbonyl (C=O) groups is 1. The molecule has 0 saturated carbocycles. The van der Waals surface area contributed by atoms with Crippen molar-refractivity contribution >= 4 is 45.4 Å². The number of nitrogens with two attached hydrogens (primary N) is 1. The first-order valence-electron chi connectivity index (χ1n) is 7.36. The summed E-state index contributed by atoms with van der Waals surface area (Å²) in [5, 5.41) is 4.25. The van der Waals surface area contributed by atoms with Gasteiger partial charge < -0.3 is 11.1 Å². The summed E-state index contributed by atoms with van der Waals surface area (Å²) >= 11 is 7.33. The van der Waals surface area contributed by atoms with Crippen molar-refractivity contribution in [2.75, 3.05) is 11.1 Å². The number of aryl methyl sites for hydroxylation is 2. The zero-order valence-electron chi connectivity index (χ0n) is 13.3. The second kappa shape index (κ2) is 6.63. The lowest BCUT2D eigenvalue weighted by molar-refractivity contribution is 0.104. The maximum Gasteiger partial charge on any atom is 0.208 e. The van der Waals surface area contributed by atoms with Crippen LogP contribution in [0.5, 0.6) is 0 Å². The zero-order valence-corrected chi connectivity index (χ0v) is 14.8. The number of ketones is 1. The van der Waals surface area contributed by atoms with Crippen LogP contribution in [0.25, 0.3) is 0 Å². The van der Waals surface area contributed by atoms with E-state index in [2.05, 4.69) is 10.3 Å². The van der Waals surface area contributed by atoms with Gasteiger partial charge in [0.25, 0.3) is 0 Å². The molecule has 3 rings (SSSR count). The van der Waals surface area contributed by atoms with Crippen LogP contribution in [0.2, 0.25) is 5.02 Å². The van der Waals surface area contributed by atoms with Crippen molar-refractivity contribution in [3.8, 4) is 0 Å². The van der Waals surface area contributed by atoms with E-state index in [1.807, 2.05) is 32.0 Å². The molecule has 0 amide bonds. The summed E-state index contributed by atoms with van der Waals surface area (Å²) in [6, 6.07) is 12.9. The van der Waals surface area contributed by atoms with E-state index in [0.29, 0.717) is 20.6 Å². The van der Waals surface area contributed by atoms with Crippen LogP contribution in [-0.4, -0.2) is 10.8 Å². The maximum atomic E-state index is 12.7. The van der Waals surface area contributed by atoms with E-state index in [4.69, 9.17) is 17.3 Å². The monoisotopic (exact) mass is 357 g/mol. The van der Waals surface area contributed by atoms with Gasteiger partial charge in [0.2, 0.25) is 5.78 Å². The summed E-state index contributed by atoms with van der Waals surface area (Å²) in [5.74, 6) is -0.0104. The minimum atomic E-state index is -0.217. The first kappa shape index (κ1) is 16.5. The summed E-state index contributed by atoms with van der Waals surface area (Å²) in [6.07, 6.45) is 0. The van der Waals surface area contributed by atoms with Gasteiger partial charge in [-0.1, -0.05) is 53.3 Å². The number of thiazole rings is 1. The number of hydrogen-bond acceptors (Lipinski definition) is 5. The van der Waals surface area contributed by atoms with Gasteiger partial charge >= 0.3 is 0 Å². The molecular weight excluding hydrogens is 342 g/mol. The molecule has 0 saturated heterocycles. The number of nitrogens with zero attached hydrogens (tertiary/aromatic N) is 1. The number of hydrogen-bond donors (Lipinski definition) is 2. The van der Waals surface area contributed by atoms with Crippen molar-refractivity contribution < 1.29 is 4.79 Å². The topological polar surface area (TPSA) is 68.0 Å². The number of benzene rings is 2. The fourth-order valence-corrected chi connectivity index (χ4v) is 3.50. The molecule has 1 heterocycles. The quantitative estimate of drug-likeness (QED) is 0.647. The van der Waals surface area contributed by atoms with E-state index < -0.39 is 0 Å². The molecule has 6 heteroatoms. The number of rotatable bonds is 4. The van der Waals surface area contributed by atoms with Gasteiger partial charge in [-0.3, -0.25) is 4.79 Å². The SMILES string of the molecule is Cc1cccc(C)c1Nc1nc(N)c(C(=O)c2ccccc2Cl)s1. The number of aromatic nitrogens is 1. The van der Waals surface area contributed by atoms with Gasteiger partial charge in [-0.15, -0.1) is 0 Å². The Labute approximate surface area is 149 Å². The molecule has 0 aliphatic heterocycles. The molecule has 0 unspecified atom stereocenters. The third kappa shape index (κ3) is 3.13. The molecular formula is C18H16ClN3OS. The van der Waals surface area contributed by atoms with Crippen LogP contribution in [0.1, 0.15) is 26.4 Å². The van der Waals surface area contributed by atoms with Crippen molar-refractivity contribution in [3.05, 3.63) is 69.1 Å². The highest BCUT2D eigenvalue weighted by Crippen LogP contribution is 2.32. The summed E-state index contributed by atoms with van der Waals surface area (Å²) in [5.41, 5.74) is 9.55. The summed E-state index contributed by atoms with van der Waals surface area (Å²) < 4.78 is 0. The molecule has 0 radical (unpaired) electrons. The zero-order chi connectivity index (χ0) is 17.3. The molecule has 0 atom stereocenters. The molecule has 3 N–H and O–H groups in total. The Kier molecular flexibility index (Phi) is 4.55. The average molecular weight is 358 g/mol. The Morgan fingerprint density at radius 1 is 1.12 bits per heavy atom. The van der Waals surface area contributed by atoms with Gasteiger partial charge in [0.1, 0.15) is 10.7 Å². The van der Waals surface area contributed by atoms with Crippen molar-refractivity contribution in [1.82, 2.24) is 4.98 Å². The Morgan fingerprint density at radius 3 is 2.46 bits per heavy atom. The lowest BCUT2D eigenvalue weighted by Gasteiger charge is -2.09. The summed E-state index contributed by atoms with van der Waals surface area (Å²) in [6.45, 7) is 4.03. The van der Waals surface area contributed by atoms with E-state index >= 15 is 0 Å². The smallest absolute Gasteiger partial charge is 0.208 e. The highest BCUT2D eigenvalue weighted by atomic mass is 35.5. The Balaban J connectivity index is 1.94. The average Bonchev–Trinajstić information content (AvgIpc) is 2.91. The standard InChI is InChI=1S/C18H16ClN3OS/c1-10-6-5-7-11(2)14(10)21-18-22-17(20)16(24-18)15(23)12-8-3-4-9-13(12)19/h3-9H,20H2,1-2H3,(H,21,22). The first-order chi connectivity index (χ1) is 11.5. The molecule has 122 valence electrons. The predicted molar refractivity (Wildman–Crippen MR) is 101 cm³/mol. The molecule has 1 aromatic heterocycles. The number of para-hydroxylation sites is 1. The minimum absolute atomic E-state index is 0.207. The van der Waals surface area contributed by atoms with Crippen molar-refractivity contribution in [3.63, 3.8) is 0 Å². The molecule has 4 nitrogen and oxygen atoms in total. The number of nitrogens with one attached hydrogen (secondary N) is 1. The van der Waals surface area contributed by atoms with Crippen LogP contribution < -0.4 is 11.1 Å². The molecule has 0 bridgehead atoms. The van der Waals surface area contributed by atoms with Crippen molar-refractivity contribution in [2.24, 2.45) is 0 Å². The second-order valence-corrected chi connectivity index (χ2v) is 6.84. The Bertz CT molecular complexity index is 900. The molecule has 2 aromatic carbocycles. The lowest BCUT2D eigenvalue weighted by atomic mass is 10.1. The number of anilines is 3. The van der Waals surface area contributed by atoms with Gasteiger partial charge in [0, 0.05) is 11.3 Å². The van der Waals surface area contributed by atoms with Crippen LogP contribution in [0.15, 0.2) is 42.5 Å². The molecule has 24 heavy (non-hydrogen) atoms. The fourth-order valence-electron chi connectivity index (χ4n) is 2.43. The lowest BCUT2D eigenvalue weighted by Crippen LogP contribution is -2.03. The van der Waals surface area contributed by atoms with E-state index in [0.717, 1.165) is 16.8 Å². The van der Waals surface area contributed by atoms with E-state index in [9.17, 15) is 4.79 Å². The van der Waals surface area contributed by atoms with E-state index in [1.165, 1.54) is 11.3 Å². The number of carbonyl (C=O) groups excluding carboxylic acids is 1. The molecule has 0 spiro atoms. The number of halogens is 1. The Hall–Kier alpha value is -2.37. The van der Waals surface area contributed by atoms with Gasteiger partial charge in [0.05, 0.1) is 5.02 Å². The highest BCUT2D eigenvalue weighted by molar-refractivity contribution is 7.18. The third-order valence-electron chi connectivity index (χ3n) is 3.69. The van der Waals surface area contributed by atoms with E-state index in [-0.39, 0.29) is 11.6 Å². The highest BCUT2D eigenvalue weighted by Gasteiger charge is 2.20. The molecule has 0 aliphatic rings. The molecule has 0 fully saturated rings.